The van der Waals surface area contributed by atoms with E-state index in [2.05, 4.69) is 39.9 Å². The van der Waals surface area contributed by atoms with Crippen molar-refractivity contribution in [2.45, 2.75) is 33.1 Å². The Morgan fingerprint density at radius 3 is 2.76 bits per heavy atom. The number of hydrogen-bond donors (Lipinski definition) is 1. The fraction of sp³-hybridized carbons (Fsp3) is 0.467. The molecule has 2 rings (SSSR count). The summed E-state index contributed by atoms with van der Waals surface area (Å²) < 4.78 is 18.9. The minimum Gasteiger partial charge on any atom is -0.339 e. The van der Waals surface area contributed by atoms with Crippen LogP contribution < -0.4 is 5.73 Å². The van der Waals surface area contributed by atoms with Gasteiger partial charge in [0.1, 0.15) is 5.82 Å². The van der Waals surface area contributed by atoms with Gasteiger partial charge in [0.25, 0.3) is 0 Å². The SMILES string of the molecule is CC(C)(CCN)CCc1nc(-c2ccc(F)c(Br)c2)no1. The van der Waals surface area contributed by atoms with Gasteiger partial charge in [0.05, 0.1) is 4.47 Å². The van der Waals surface area contributed by atoms with E-state index in [9.17, 15) is 4.39 Å². The first-order chi connectivity index (χ1) is 9.91. The van der Waals surface area contributed by atoms with Gasteiger partial charge >= 0.3 is 0 Å². The topological polar surface area (TPSA) is 64.9 Å². The molecule has 0 amide bonds. The van der Waals surface area contributed by atoms with Crippen LogP contribution >= 0.6 is 15.9 Å². The molecule has 2 aromatic rings. The molecule has 0 saturated carbocycles. The Morgan fingerprint density at radius 2 is 2.10 bits per heavy atom. The second kappa shape index (κ2) is 6.66. The zero-order chi connectivity index (χ0) is 15.5. The van der Waals surface area contributed by atoms with Crippen molar-refractivity contribution >= 4 is 15.9 Å². The molecule has 21 heavy (non-hydrogen) atoms. The van der Waals surface area contributed by atoms with Crippen LogP contribution in [0.5, 0.6) is 0 Å². The van der Waals surface area contributed by atoms with Gasteiger partial charge in [-0.2, -0.15) is 4.98 Å². The lowest BCUT2D eigenvalue weighted by Gasteiger charge is -2.22. The van der Waals surface area contributed by atoms with Gasteiger partial charge in [0.15, 0.2) is 0 Å². The van der Waals surface area contributed by atoms with Gasteiger partial charge < -0.3 is 10.3 Å². The second-order valence-corrected chi connectivity index (χ2v) is 6.70. The number of benzene rings is 1. The van der Waals surface area contributed by atoms with E-state index in [1.807, 2.05) is 0 Å². The van der Waals surface area contributed by atoms with Crippen LogP contribution in [0.15, 0.2) is 27.2 Å². The molecule has 0 bridgehead atoms. The minimum atomic E-state index is -0.314. The van der Waals surface area contributed by atoms with E-state index in [1.165, 1.54) is 6.07 Å². The van der Waals surface area contributed by atoms with Crippen LogP contribution in [0.25, 0.3) is 11.4 Å². The van der Waals surface area contributed by atoms with Crippen LogP contribution in [0.4, 0.5) is 4.39 Å². The average molecular weight is 356 g/mol. The monoisotopic (exact) mass is 355 g/mol. The van der Waals surface area contributed by atoms with Crippen molar-refractivity contribution in [2.75, 3.05) is 6.54 Å². The summed E-state index contributed by atoms with van der Waals surface area (Å²) in [6.45, 7) is 5.02. The average Bonchev–Trinajstić information content (AvgIpc) is 2.89. The van der Waals surface area contributed by atoms with Crippen LogP contribution in [0, 0.1) is 11.2 Å². The maximum Gasteiger partial charge on any atom is 0.226 e. The predicted molar refractivity (Wildman–Crippen MR) is 83.2 cm³/mol. The number of hydrogen-bond acceptors (Lipinski definition) is 4. The first-order valence-corrected chi connectivity index (χ1v) is 7.69. The minimum absolute atomic E-state index is 0.155. The lowest BCUT2D eigenvalue weighted by atomic mass is 9.84. The molecule has 0 aliphatic carbocycles. The number of nitrogens with two attached hydrogens (primary N) is 1. The maximum absolute atomic E-state index is 13.2. The van der Waals surface area contributed by atoms with E-state index in [-0.39, 0.29) is 11.2 Å². The highest BCUT2D eigenvalue weighted by Crippen LogP contribution is 2.27. The van der Waals surface area contributed by atoms with E-state index < -0.39 is 0 Å². The van der Waals surface area contributed by atoms with Gasteiger partial charge in [-0.15, -0.1) is 0 Å². The molecule has 4 nitrogen and oxygen atoms in total. The second-order valence-electron chi connectivity index (χ2n) is 5.84. The number of aromatic nitrogens is 2. The van der Waals surface area contributed by atoms with E-state index >= 15 is 0 Å². The molecule has 1 aromatic carbocycles. The maximum atomic E-state index is 13.2. The number of aryl methyl sites for hydroxylation is 1. The molecule has 0 fully saturated rings. The Balaban J connectivity index is 2.06. The van der Waals surface area contributed by atoms with Gasteiger partial charge in [-0.1, -0.05) is 19.0 Å². The van der Waals surface area contributed by atoms with Crippen LogP contribution in [-0.4, -0.2) is 16.7 Å². The van der Waals surface area contributed by atoms with Crippen molar-refractivity contribution in [1.29, 1.82) is 0 Å². The molecule has 0 aliphatic rings. The quantitative estimate of drug-likeness (QED) is 0.851. The molecule has 0 atom stereocenters. The van der Waals surface area contributed by atoms with Gasteiger partial charge in [0, 0.05) is 12.0 Å². The molecule has 1 aromatic heterocycles. The van der Waals surface area contributed by atoms with Crippen molar-refractivity contribution in [3.05, 3.63) is 34.4 Å². The summed E-state index contributed by atoms with van der Waals surface area (Å²) in [6.07, 6.45) is 2.60. The number of rotatable bonds is 6. The third-order valence-electron chi connectivity index (χ3n) is 3.48. The third-order valence-corrected chi connectivity index (χ3v) is 4.09. The lowest BCUT2D eigenvalue weighted by molar-refractivity contribution is 0.289. The summed E-state index contributed by atoms with van der Waals surface area (Å²) in [5, 5.41) is 3.95. The van der Waals surface area contributed by atoms with Crippen LogP contribution in [-0.2, 0) is 6.42 Å². The Labute approximate surface area is 132 Å². The fourth-order valence-electron chi connectivity index (χ4n) is 2.07. The van der Waals surface area contributed by atoms with Crippen LogP contribution in [0.1, 0.15) is 32.6 Å². The van der Waals surface area contributed by atoms with E-state index in [0.717, 1.165) is 18.4 Å². The van der Waals surface area contributed by atoms with Crippen molar-refractivity contribution in [3.8, 4) is 11.4 Å². The van der Waals surface area contributed by atoms with Gasteiger partial charge in [0.2, 0.25) is 11.7 Å². The number of nitrogens with zero attached hydrogens (tertiary/aromatic N) is 2. The molecule has 0 radical (unpaired) electrons. The standard InChI is InChI=1S/C15H19BrFN3O/c1-15(2,7-8-18)6-5-13-19-14(20-21-13)10-3-4-12(17)11(16)9-10/h3-4,9H,5-8,18H2,1-2H3. The summed E-state index contributed by atoms with van der Waals surface area (Å²) in [5.41, 5.74) is 6.48. The predicted octanol–water partition coefficient (Wildman–Crippen LogP) is 3.95. The van der Waals surface area contributed by atoms with Crippen molar-refractivity contribution in [2.24, 2.45) is 11.1 Å². The van der Waals surface area contributed by atoms with Gasteiger partial charge in [-0.3, -0.25) is 0 Å². The zero-order valence-electron chi connectivity index (χ0n) is 12.2. The first-order valence-electron chi connectivity index (χ1n) is 6.89. The molecule has 0 aliphatic heterocycles. The Bertz CT molecular complexity index is 613. The third kappa shape index (κ3) is 4.35. The fourth-order valence-corrected chi connectivity index (χ4v) is 2.45. The molecule has 1 heterocycles. The summed E-state index contributed by atoms with van der Waals surface area (Å²) in [6, 6.07) is 4.65. The lowest BCUT2D eigenvalue weighted by Crippen LogP contribution is -2.17. The van der Waals surface area contributed by atoms with Crippen molar-refractivity contribution in [1.82, 2.24) is 10.1 Å². The van der Waals surface area contributed by atoms with E-state index in [4.69, 9.17) is 10.3 Å². The number of halogens is 2. The van der Waals surface area contributed by atoms with Crippen LogP contribution in [0.3, 0.4) is 0 Å². The van der Waals surface area contributed by atoms with Gasteiger partial charge in [-0.25, -0.2) is 4.39 Å². The zero-order valence-corrected chi connectivity index (χ0v) is 13.8. The van der Waals surface area contributed by atoms with Gasteiger partial charge in [-0.05, 0) is 58.9 Å². The molecular formula is C15H19BrFN3O. The molecule has 6 heteroatoms. The van der Waals surface area contributed by atoms with E-state index in [1.54, 1.807) is 12.1 Å². The van der Waals surface area contributed by atoms with E-state index in [0.29, 0.717) is 29.2 Å². The highest BCUT2D eigenvalue weighted by atomic mass is 79.9. The normalized spacial score (nSPS) is 11.9. The largest absolute Gasteiger partial charge is 0.339 e. The molecule has 2 N–H and O–H groups in total. The Kier molecular flexibility index (Phi) is 5.11. The summed E-state index contributed by atoms with van der Waals surface area (Å²) >= 11 is 3.15. The first kappa shape index (κ1) is 16.1. The smallest absolute Gasteiger partial charge is 0.226 e. The molecule has 0 saturated heterocycles. The molecule has 0 spiro atoms. The van der Waals surface area contributed by atoms with Crippen molar-refractivity contribution in [3.63, 3.8) is 0 Å². The highest BCUT2D eigenvalue weighted by molar-refractivity contribution is 9.10. The molecule has 0 unspecified atom stereocenters. The van der Waals surface area contributed by atoms with Crippen molar-refractivity contribution < 1.29 is 8.91 Å². The highest BCUT2D eigenvalue weighted by Gasteiger charge is 2.19. The van der Waals surface area contributed by atoms with Crippen LogP contribution in [0.2, 0.25) is 0 Å². The summed E-state index contributed by atoms with van der Waals surface area (Å²) in [7, 11) is 0. The summed E-state index contributed by atoms with van der Waals surface area (Å²) in [4.78, 5) is 4.36. The Hall–Kier alpha value is -1.27. The molecular weight excluding hydrogens is 337 g/mol. The summed E-state index contributed by atoms with van der Waals surface area (Å²) in [5.74, 6) is 0.754. The Morgan fingerprint density at radius 1 is 1.33 bits per heavy atom. The molecule has 114 valence electrons.